The lowest BCUT2D eigenvalue weighted by molar-refractivity contribution is 0.256. The van der Waals surface area contributed by atoms with E-state index >= 15 is 0 Å². The summed E-state index contributed by atoms with van der Waals surface area (Å²) < 4.78 is 35.5. The first-order chi connectivity index (χ1) is 9.93. The fraction of sp³-hybridized carbons (Fsp3) is 0.214. The molecule has 0 amide bonds. The van der Waals surface area contributed by atoms with Crippen molar-refractivity contribution in [2.45, 2.75) is 11.7 Å². The second-order valence-electron chi connectivity index (χ2n) is 4.44. The summed E-state index contributed by atoms with van der Waals surface area (Å²) in [4.78, 5) is 0. The number of furan rings is 1. The molecular weight excluding hydrogens is 292 g/mol. The predicted octanol–water partition coefficient (Wildman–Crippen LogP) is 1.98. The maximum absolute atomic E-state index is 11.9. The molecule has 1 aromatic heterocycles. The molecule has 0 aliphatic carbocycles. The summed E-state index contributed by atoms with van der Waals surface area (Å²) in [6.45, 7) is 0.0812. The minimum absolute atomic E-state index is 0.0812. The Labute approximate surface area is 123 Å². The second-order valence-corrected chi connectivity index (χ2v) is 6.52. The van der Waals surface area contributed by atoms with E-state index in [2.05, 4.69) is 0 Å². The smallest absolute Gasteiger partial charge is 0.275 e. The Morgan fingerprint density at radius 1 is 1.29 bits per heavy atom. The van der Waals surface area contributed by atoms with Crippen molar-refractivity contribution in [3.63, 3.8) is 0 Å². The molecule has 2 aromatic rings. The van der Waals surface area contributed by atoms with Gasteiger partial charge in [0.25, 0.3) is 10.0 Å². The first-order valence-electron chi connectivity index (χ1n) is 6.07. The van der Waals surface area contributed by atoms with Gasteiger partial charge in [0, 0.05) is 14.1 Å². The van der Waals surface area contributed by atoms with Gasteiger partial charge in [-0.1, -0.05) is 6.07 Å². The molecule has 0 atom stereocenters. The highest BCUT2D eigenvalue weighted by Gasteiger charge is 2.21. The van der Waals surface area contributed by atoms with Crippen molar-refractivity contribution in [3.05, 3.63) is 47.7 Å². The quantitative estimate of drug-likeness (QED) is 0.843. The second kappa shape index (κ2) is 5.99. The first-order valence-corrected chi connectivity index (χ1v) is 7.51. The SMILES string of the molecule is CN(C)S(=O)(=O)c1ccc(COc2cccc(C#N)c2)o1. The third kappa shape index (κ3) is 3.42. The number of rotatable bonds is 5. The number of nitriles is 1. The maximum atomic E-state index is 11.9. The molecule has 0 radical (unpaired) electrons. The standard InChI is InChI=1S/C14H14N2O4S/c1-16(2)21(17,18)14-7-6-13(20-14)10-19-12-5-3-4-11(8-12)9-15/h3-8H,10H2,1-2H3. The van der Waals surface area contributed by atoms with Crippen LogP contribution in [-0.2, 0) is 16.6 Å². The highest BCUT2D eigenvalue weighted by molar-refractivity contribution is 7.88. The van der Waals surface area contributed by atoms with Crippen LogP contribution in [0.4, 0.5) is 0 Å². The predicted molar refractivity (Wildman–Crippen MR) is 75.1 cm³/mol. The van der Waals surface area contributed by atoms with Gasteiger partial charge in [-0.25, -0.2) is 12.7 Å². The minimum atomic E-state index is -3.58. The molecule has 1 heterocycles. The average molecular weight is 306 g/mol. The van der Waals surface area contributed by atoms with Crippen molar-refractivity contribution >= 4 is 10.0 Å². The summed E-state index contributed by atoms with van der Waals surface area (Å²) in [6, 6.07) is 11.6. The molecular formula is C14H14N2O4S. The van der Waals surface area contributed by atoms with Crippen molar-refractivity contribution in [1.29, 1.82) is 5.26 Å². The van der Waals surface area contributed by atoms with Gasteiger partial charge in [-0.15, -0.1) is 0 Å². The monoisotopic (exact) mass is 306 g/mol. The zero-order chi connectivity index (χ0) is 15.5. The van der Waals surface area contributed by atoms with Crippen LogP contribution in [0.3, 0.4) is 0 Å². The summed E-state index contributed by atoms with van der Waals surface area (Å²) in [6.07, 6.45) is 0. The van der Waals surface area contributed by atoms with Crippen molar-refractivity contribution in [3.8, 4) is 11.8 Å². The van der Waals surface area contributed by atoms with E-state index in [1.807, 2.05) is 6.07 Å². The van der Waals surface area contributed by atoms with Crippen LogP contribution in [0.25, 0.3) is 0 Å². The molecule has 0 aliphatic heterocycles. The molecule has 0 fully saturated rings. The van der Waals surface area contributed by atoms with E-state index in [1.54, 1.807) is 30.3 Å². The number of sulfonamides is 1. The molecule has 0 N–H and O–H groups in total. The lowest BCUT2D eigenvalue weighted by atomic mass is 10.2. The fourth-order valence-corrected chi connectivity index (χ4v) is 2.38. The van der Waals surface area contributed by atoms with E-state index in [-0.39, 0.29) is 11.7 Å². The Morgan fingerprint density at radius 2 is 2.05 bits per heavy atom. The molecule has 0 spiro atoms. The Morgan fingerprint density at radius 3 is 2.71 bits per heavy atom. The first kappa shape index (κ1) is 15.1. The van der Waals surface area contributed by atoms with E-state index in [0.29, 0.717) is 17.1 Å². The lowest BCUT2D eigenvalue weighted by Crippen LogP contribution is -2.21. The van der Waals surface area contributed by atoms with Gasteiger partial charge in [0.1, 0.15) is 18.1 Å². The van der Waals surface area contributed by atoms with Gasteiger partial charge in [0.05, 0.1) is 11.6 Å². The van der Waals surface area contributed by atoms with Crippen LogP contribution in [0.5, 0.6) is 5.75 Å². The highest BCUT2D eigenvalue weighted by Crippen LogP contribution is 2.19. The lowest BCUT2D eigenvalue weighted by Gasteiger charge is -2.08. The van der Waals surface area contributed by atoms with Gasteiger partial charge in [-0.05, 0) is 30.3 Å². The van der Waals surface area contributed by atoms with Crippen LogP contribution in [0.1, 0.15) is 11.3 Å². The third-order valence-electron chi connectivity index (χ3n) is 2.72. The molecule has 1 aromatic carbocycles. The zero-order valence-corrected chi connectivity index (χ0v) is 12.4. The molecule has 21 heavy (non-hydrogen) atoms. The molecule has 6 nitrogen and oxygen atoms in total. The van der Waals surface area contributed by atoms with Crippen LogP contribution >= 0.6 is 0 Å². The summed E-state index contributed by atoms with van der Waals surface area (Å²) in [5, 5.41) is 8.67. The van der Waals surface area contributed by atoms with E-state index in [1.165, 1.54) is 20.2 Å². The largest absolute Gasteiger partial charge is 0.486 e. The normalized spacial score (nSPS) is 11.3. The van der Waals surface area contributed by atoms with E-state index in [4.69, 9.17) is 14.4 Å². The Balaban J connectivity index is 2.09. The molecule has 0 unspecified atom stereocenters. The van der Waals surface area contributed by atoms with Crippen molar-refractivity contribution < 1.29 is 17.6 Å². The van der Waals surface area contributed by atoms with Crippen LogP contribution in [-0.4, -0.2) is 26.8 Å². The van der Waals surface area contributed by atoms with Gasteiger partial charge in [0.15, 0.2) is 0 Å². The van der Waals surface area contributed by atoms with Gasteiger partial charge in [-0.2, -0.15) is 5.26 Å². The summed E-state index contributed by atoms with van der Waals surface area (Å²) >= 11 is 0. The molecule has 7 heteroatoms. The number of hydrogen-bond acceptors (Lipinski definition) is 5. The van der Waals surface area contributed by atoms with Crippen molar-refractivity contribution in [2.75, 3.05) is 14.1 Å². The number of hydrogen-bond donors (Lipinski definition) is 0. The maximum Gasteiger partial charge on any atom is 0.275 e. The summed E-state index contributed by atoms with van der Waals surface area (Å²) in [5.41, 5.74) is 0.489. The van der Waals surface area contributed by atoms with Gasteiger partial charge < -0.3 is 9.15 Å². The topological polar surface area (TPSA) is 83.5 Å². The minimum Gasteiger partial charge on any atom is -0.486 e. The van der Waals surface area contributed by atoms with Crippen LogP contribution in [0.2, 0.25) is 0 Å². The average Bonchev–Trinajstić information content (AvgIpc) is 2.94. The van der Waals surface area contributed by atoms with Crippen LogP contribution < -0.4 is 4.74 Å². The highest BCUT2D eigenvalue weighted by atomic mass is 32.2. The molecule has 0 bridgehead atoms. The Hall–Kier alpha value is -2.30. The Kier molecular flexibility index (Phi) is 4.31. The van der Waals surface area contributed by atoms with Gasteiger partial charge in [-0.3, -0.25) is 0 Å². The van der Waals surface area contributed by atoms with Crippen molar-refractivity contribution in [2.24, 2.45) is 0 Å². The molecule has 110 valence electrons. The van der Waals surface area contributed by atoms with Crippen molar-refractivity contribution in [1.82, 2.24) is 4.31 Å². The fourth-order valence-electron chi connectivity index (χ4n) is 1.56. The molecule has 2 rings (SSSR count). The molecule has 0 aliphatic rings. The van der Waals surface area contributed by atoms with Crippen LogP contribution in [0, 0.1) is 11.3 Å². The van der Waals surface area contributed by atoms with E-state index in [0.717, 1.165) is 4.31 Å². The van der Waals surface area contributed by atoms with Crippen LogP contribution in [0.15, 0.2) is 45.9 Å². The van der Waals surface area contributed by atoms with Gasteiger partial charge >= 0.3 is 0 Å². The Bertz CT molecular complexity index is 772. The number of ether oxygens (including phenoxy) is 1. The summed E-state index contributed by atoms with van der Waals surface area (Å²) in [7, 11) is -0.718. The number of nitrogens with zero attached hydrogens (tertiary/aromatic N) is 2. The van der Waals surface area contributed by atoms with E-state index < -0.39 is 10.0 Å². The number of benzene rings is 1. The molecule has 0 saturated heterocycles. The molecule has 0 saturated carbocycles. The third-order valence-corrected chi connectivity index (χ3v) is 4.41. The summed E-state index contributed by atoms with van der Waals surface area (Å²) in [5.74, 6) is 0.903. The van der Waals surface area contributed by atoms with Gasteiger partial charge in [0.2, 0.25) is 5.09 Å². The van der Waals surface area contributed by atoms with E-state index in [9.17, 15) is 8.42 Å². The zero-order valence-electron chi connectivity index (χ0n) is 11.6.